The molecule has 1 aromatic heterocycles. The number of pyridine rings is 1. The molecular weight excluding hydrogens is 365 g/mol. The third-order valence-electron chi connectivity index (χ3n) is 3.43. The Labute approximate surface area is 155 Å². The van der Waals surface area contributed by atoms with Crippen LogP contribution in [0.25, 0.3) is 0 Å². The van der Waals surface area contributed by atoms with E-state index in [0.717, 1.165) is 5.56 Å². The Bertz CT molecular complexity index is 847. The number of amides is 1. The normalized spacial score (nSPS) is 10.3. The fourth-order valence-corrected chi connectivity index (χ4v) is 3.28. The first-order valence-electron chi connectivity index (χ1n) is 7.09. The fourth-order valence-electron chi connectivity index (χ4n) is 2.08. The van der Waals surface area contributed by atoms with Gasteiger partial charge in [0.15, 0.2) is 0 Å². The molecule has 2 rings (SSSR count). The molecule has 2 aromatic rings. The number of aryl methyl sites for hydroxylation is 2. The van der Waals surface area contributed by atoms with E-state index in [2.05, 4.69) is 16.4 Å². The molecule has 24 heavy (non-hydrogen) atoms. The number of carbonyl (C=O) groups excluding carboxylic acids is 1. The Morgan fingerprint density at radius 1 is 1.33 bits per heavy atom. The maximum atomic E-state index is 12.2. The van der Waals surface area contributed by atoms with Crippen LogP contribution in [0.1, 0.15) is 22.4 Å². The van der Waals surface area contributed by atoms with Crippen molar-refractivity contribution in [2.75, 3.05) is 11.1 Å². The lowest BCUT2D eigenvalue weighted by Crippen LogP contribution is -2.15. The van der Waals surface area contributed by atoms with E-state index < -0.39 is 0 Å². The molecule has 0 spiro atoms. The molecule has 1 N–H and O–H groups in total. The van der Waals surface area contributed by atoms with Gasteiger partial charge in [-0.2, -0.15) is 5.26 Å². The summed E-state index contributed by atoms with van der Waals surface area (Å²) in [5, 5.41) is 13.7. The molecule has 1 heterocycles. The van der Waals surface area contributed by atoms with Crippen LogP contribution in [0.15, 0.2) is 23.2 Å². The number of carbonyl (C=O) groups is 1. The first-order valence-corrected chi connectivity index (χ1v) is 8.83. The van der Waals surface area contributed by atoms with E-state index in [0.29, 0.717) is 37.6 Å². The summed E-state index contributed by atoms with van der Waals surface area (Å²) in [6, 6.07) is 7.42. The zero-order chi connectivity index (χ0) is 17.9. The van der Waals surface area contributed by atoms with Crippen molar-refractivity contribution in [3.8, 4) is 6.07 Å². The average molecular weight is 380 g/mol. The van der Waals surface area contributed by atoms with Crippen LogP contribution in [0.3, 0.4) is 0 Å². The van der Waals surface area contributed by atoms with Crippen LogP contribution >= 0.6 is 35.0 Å². The molecule has 0 fully saturated rings. The van der Waals surface area contributed by atoms with Gasteiger partial charge in [0.2, 0.25) is 5.91 Å². The number of nitrogens with zero attached hydrogens (tertiary/aromatic N) is 2. The van der Waals surface area contributed by atoms with Gasteiger partial charge in [-0.05, 0) is 44.0 Å². The molecule has 124 valence electrons. The molecule has 0 aliphatic rings. The van der Waals surface area contributed by atoms with Crippen molar-refractivity contribution in [1.82, 2.24) is 4.98 Å². The van der Waals surface area contributed by atoms with Gasteiger partial charge in [0, 0.05) is 10.7 Å². The zero-order valence-electron chi connectivity index (χ0n) is 13.4. The summed E-state index contributed by atoms with van der Waals surface area (Å²) in [7, 11) is 0. The van der Waals surface area contributed by atoms with Crippen molar-refractivity contribution < 1.29 is 4.79 Å². The molecule has 0 unspecified atom stereocenters. The number of nitriles is 1. The van der Waals surface area contributed by atoms with Gasteiger partial charge >= 0.3 is 0 Å². The summed E-state index contributed by atoms with van der Waals surface area (Å²) in [5.41, 5.74) is 3.32. The van der Waals surface area contributed by atoms with Crippen molar-refractivity contribution in [3.63, 3.8) is 0 Å². The van der Waals surface area contributed by atoms with Gasteiger partial charge in [0.05, 0.1) is 22.0 Å². The van der Waals surface area contributed by atoms with Gasteiger partial charge < -0.3 is 5.32 Å². The van der Waals surface area contributed by atoms with Gasteiger partial charge in [0.25, 0.3) is 0 Å². The van der Waals surface area contributed by atoms with E-state index in [4.69, 9.17) is 23.2 Å². The second kappa shape index (κ2) is 7.89. The SMILES string of the molecule is Cc1ccc(Cl)cc1NC(=O)CSc1nc(C)c(Cl)c(C)c1C#N. The monoisotopic (exact) mass is 379 g/mol. The van der Waals surface area contributed by atoms with Crippen LogP contribution in [0.4, 0.5) is 5.69 Å². The lowest BCUT2D eigenvalue weighted by molar-refractivity contribution is -0.113. The third kappa shape index (κ3) is 4.21. The predicted molar refractivity (Wildman–Crippen MR) is 99.0 cm³/mol. The van der Waals surface area contributed by atoms with Crippen LogP contribution in [0.5, 0.6) is 0 Å². The molecule has 0 bridgehead atoms. The van der Waals surface area contributed by atoms with Crippen LogP contribution in [-0.4, -0.2) is 16.6 Å². The smallest absolute Gasteiger partial charge is 0.234 e. The Morgan fingerprint density at radius 2 is 2.04 bits per heavy atom. The molecule has 0 atom stereocenters. The minimum absolute atomic E-state index is 0.133. The van der Waals surface area contributed by atoms with Crippen molar-refractivity contribution in [1.29, 1.82) is 5.26 Å². The number of halogens is 2. The Balaban J connectivity index is 2.13. The molecule has 0 aliphatic heterocycles. The van der Waals surface area contributed by atoms with E-state index in [1.807, 2.05) is 13.0 Å². The lowest BCUT2D eigenvalue weighted by Gasteiger charge is -2.11. The molecule has 1 amide bonds. The number of anilines is 1. The molecule has 4 nitrogen and oxygen atoms in total. The topological polar surface area (TPSA) is 65.8 Å². The number of nitrogens with one attached hydrogen (secondary N) is 1. The first kappa shape index (κ1) is 18.6. The zero-order valence-corrected chi connectivity index (χ0v) is 15.7. The molecule has 0 saturated heterocycles. The van der Waals surface area contributed by atoms with Crippen molar-refractivity contribution in [2.45, 2.75) is 25.8 Å². The molecule has 0 saturated carbocycles. The summed E-state index contributed by atoms with van der Waals surface area (Å²) >= 11 is 13.3. The minimum atomic E-state index is -0.193. The van der Waals surface area contributed by atoms with E-state index in [-0.39, 0.29) is 11.7 Å². The summed E-state index contributed by atoms with van der Waals surface area (Å²) in [5.74, 6) is -0.0601. The molecule has 0 aliphatic carbocycles. The van der Waals surface area contributed by atoms with Crippen LogP contribution < -0.4 is 5.32 Å². The highest BCUT2D eigenvalue weighted by Gasteiger charge is 2.15. The number of aromatic nitrogens is 1. The lowest BCUT2D eigenvalue weighted by atomic mass is 10.1. The average Bonchev–Trinajstić information content (AvgIpc) is 2.54. The minimum Gasteiger partial charge on any atom is -0.325 e. The van der Waals surface area contributed by atoms with Crippen LogP contribution in [0.2, 0.25) is 10.0 Å². The second-order valence-electron chi connectivity index (χ2n) is 5.22. The van der Waals surface area contributed by atoms with Crippen molar-refractivity contribution in [2.24, 2.45) is 0 Å². The van der Waals surface area contributed by atoms with Gasteiger partial charge in [0.1, 0.15) is 11.1 Å². The van der Waals surface area contributed by atoms with Crippen LogP contribution in [0, 0.1) is 32.1 Å². The van der Waals surface area contributed by atoms with Gasteiger partial charge in [-0.15, -0.1) is 0 Å². The molecule has 0 radical (unpaired) electrons. The van der Waals surface area contributed by atoms with Gasteiger partial charge in [-0.25, -0.2) is 4.98 Å². The molecule has 1 aromatic carbocycles. The van der Waals surface area contributed by atoms with E-state index in [9.17, 15) is 10.1 Å². The standard InChI is InChI=1S/C17H15Cl2N3OS/c1-9-4-5-12(18)6-14(9)22-15(23)8-24-17-13(7-20)10(2)16(19)11(3)21-17/h4-6H,8H2,1-3H3,(H,22,23). The van der Waals surface area contributed by atoms with E-state index >= 15 is 0 Å². The quantitative estimate of drug-likeness (QED) is 0.765. The molecule has 7 heteroatoms. The first-order chi connectivity index (χ1) is 11.3. The van der Waals surface area contributed by atoms with Crippen molar-refractivity contribution in [3.05, 3.63) is 50.6 Å². The van der Waals surface area contributed by atoms with E-state index in [1.54, 1.807) is 26.0 Å². The Hall–Kier alpha value is -1.74. The predicted octanol–water partition coefficient (Wildman–Crippen LogP) is 4.92. The van der Waals surface area contributed by atoms with Gasteiger partial charge in [-0.1, -0.05) is 41.0 Å². The fraction of sp³-hybridized carbons (Fsp3) is 0.235. The summed E-state index contributed by atoms with van der Waals surface area (Å²) in [6.45, 7) is 5.44. The molecular formula is C17H15Cl2N3OS. The van der Waals surface area contributed by atoms with Gasteiger partial charge in [-0.3, -0.25) is 4.79 Å². The number of hydrogen-bond donors (Lipinski definition) is 1. The van der Waals surface area contributed by atoms with Crippen molar-refractivity contribution >= 4 is 46.6 Å². The maximum Gasteiger partial charge on any atom is 0.234 e. The largest absolute Gasteiger partial charge is 0.325 e. The number of rotatable bonds is 4. The third-order valence-corrected chi connectivity index (χ3v) is 5.20. The Morgan fingerprint density at radius 3 is 2.71 bits per heavy atom. The number of benzene rings is 1. The number of hydrogen-bond acceptors (Lipinski definition) is 4. The maximum absolute atomic E-state index is 12.2. The highest BCUT2D eigenvalue weighted by molar-refractivity contribution is 8.00. The van der Waals surface area contributed by atoms with Crippen LogP contribution in [-0.2, 0) is 4.79 Å². The summed E-state index contributed by atoms with van der Waals surface area (Å²) in [4.78, 5) is 16.5. The Kier molecular flexibility index (Phi) is 6.11. The van der Waals surface area contributed by atoms with E-state index in [1.165, 1.54) is 11.8 Å². The highest BCUT2D eigenvalue weighted by Crippen LogP contribution is 2.29. The second-order valence-corrected chi connectivity index (χ2v) is 7.00. The summed E-state index contributed by atoms with van der Waals surface area (Å²) in [6.07, 6.45) is 0. The summed E-state index contributed by atoms with van der Waals surface area (Å²) < 4.78 is 0. The highest BCUT2D eigenvalue weighted by atomic mass is 35.5. The number of thioether (sulfide) groups is 1.